The summed E-state index contributed by atoms with van der Waals surface area (Å²) in [4.78, 5) is 31.3. The predicted octanol–water partition coefficient (Wildman–Crippen LogP) is 16.1. The first-order chi connectivity index (χ1) is 27.6. The van der Waals surface area contributed by atoms with E-state index in [0.29, 0.717) is 0 Å². The third-order valence-electron chi connectivity index (χ3n) is 10.5. The number of allylic oxidation sites excluding steroid dienone is 4. The van der Waals surface area contributed by atoms with Crippen molar-refractivity contribution < 1.29 is 9.59 Å². The summed E-state index contributed by atoms with van der Waals surface area (Å²) in [5, 5.41) is 1.94. The Bertz CT molecular complexity index is 2680. The van der Waals surface area contributed by atoms with Crippen LogP contribution in [0, 0.1) is 0 Å². The van der Waals surface area contributed by atoms with Crippen molar-refractivity contribution in [2.45, 2.75) is 51.9 Å². The largest absolute Gasteiger partial charge is 0.311 e. The molecule has 8 heteroatoms. The van der Waals surface area contributed by atoms with Gasteiger partial charge in [-0.25, -0.2) is 0 Å². The lowest BCUT2D eigenvalue weighted by Gasteiger charge is -2.26. The number of benzene rings is 3. The normalized spacial score (nSPS) is 12.9. The average Bonchev–Trinajstić information content (AvgIpc) is 4.08. The predicted molar refractivity (Wildman–Crippen MR) is 247 cm³/mol. The number of carbonyl (C=O) groups excluding carboxylic acids is 2. The number of unbranched alkanes of at least 4 members (excludes halogenated alkanes) is 3. The number of thiophene rings is 5. The Balaban J connectivity index is 0.990. The van der Waals surface area contributed by atoms with E-state index in [1.165, 1.54) is 63.4 Å². The first kappa shape index (κ1) is 36.9. The summed E-state index contributed by atoms with van der Waals surface area (Å²) in [6, 6.07) is 37.6. The van der Waals surface area contributed by atoms with Gasteiger partial charge in [0, 0.05) is 61.6 Å². The van der Waals surface area contributed by atoms with Crippen molar-refractivity contribution in [3.8, 4) is 20.9 Å². The number of nitrogens with zero attached hydrogens (tertiary/aromatic N) is 1. The van der Waals surface area contributed by atoms with Gasteiger partial charge in [0.1, 0.15) is 0 Å². The maximum Gasteiger partial charge on any atom is 0.160 e. The second-order valence-electron chi connectivity index (χ2n) is 14.2. The summed E-state index contributed by atoms with van der Waals surface area (Å²) in [5.74, 6) is 0. The number of carbonyl (C=O) groups is 2. The van der Waals surface area contributed by atoms with Gasteiger partial charge in [-0.15, -0.1) is 56.7 Å². The lowest BCUT2D eigenvalue weighted by Crippen LogP contribution is -2.10. The van der Waals surface area contributed by atoms with E-state index in [0.717, 1.165) is 87.7 Å². The molecule has 56 heavy (non-hydrogen) atoms. The Labute approximate surface area is 347 Å². The van der Waals surface area contributed by atoms with Crippen LogP contribution in [0.15, 0.2) is 121 Å². The van der Waals surface area contributed by atoms with E-state index in [1.807, 2.05) is 22.8 Å². The molecule has 0 atom stereocenters. The van der Waals surface area contributed by atoms with E-state index < -0.39 is 0 Å². The summed E-state index contributed by atoms with van der Waals surface area (Å²) in [5.41, 5.74) is 10.4. The molecule has 0 N–H and O–H groups in total. The highest BCUT2D eigenvalue weighted by molar-refractivity contribution is 7.30. The summed E-state index contributed by atoms with van der Waals surface area (Å²) in [6.45, 7) is 2.27. The first-order valence-electron chi connectivity index (χ1n) is 19.1. The molecule has 0 amide bonds. The summed E-state index contributed by atoms with van der Waals surface area (Å²) < 4.78 is 4.52. The zero-order valence-electron chi connectivity index (χ0n) is 31.0. The van der Waals surface area contributed by atoms with Gasteiger partial charge in [-0.1, -0.05) is 74.7 Å². The molecule has 0 bridgehead atoms. The first-order valence-corrected chi connectivity index (χ1v) is 23.3. The van der Waals surface area contributed by atoms with Crippen LogP contribution in [-0.2, 0) is 6.42 Å². The molecule has 3 nitrogen and oxygen atoms in total. The van der Waals surface area contributed by atoms with Gasteiger partial charge < -0.3 is 4.90 Å². The van der Waals surface area contributed by atoms with Crippen molar-refractivity contribution in [3.63, 3.8) is 0 Å². The van der Waals surface area contributed by atoms with Crippen LogP contribution in [0.2, 0.25) is 0 Å². The van der Waals surface area contributed by atoms with Crippen LogP contribution >= 0.6 is 56.7 Å². The molecule has 0 radical (unpaired) electrons. The number of rotatable bonds is 14. The van der Waals surface area contributed by atoms with Gasteiger partial charge in [0.05, 0.1) is 9.58 Å². The Morgan fingerprint density at radius 1 is 0.571 bits per heavy atom. The lowest BCUT2D eigenvalue weighted by molar-refractivity contribution is 0.111. The van der Waals surface area contributed by atoms with Crippen molar-refractivity contribution >= 4 is 116 Å². The van der Waals surface area contributed by atoms with E-state index >= 15 is 0 Å². The minimum Gasteiger partial charge on any atom is -0.311 e. The summed E-state index contributed by atoms with van der Waals surface area (Å²) in [7, 11) is 0. The van der Waals surface area contributed by atoms with Gasteiger partial charge in [0.25, 0.3) is 0 Å². The Morgan fingerprint density at radius 3 is 1.82 bits per heavy atom. The van der Waals surface area contributed by atoms with Crippen molar-refractivity contribution in [2.75, 3.05) is 4.90 Å². The van der Waals surface area contributed by atoms with Crippen molar-refractivity contribution in [1.82, 2.24) is 0 Å². The second-order valence-corrected chi connectivity index (χ2v) is 19.5. The molecule has 1 aliphatic rings. The van der Waals surface area contributed by atoms with Crippen LogP contribution in [0.4, 0.5) is 17.1 Å². The van der Waals surface area contributed by atoms with Crippen LogP contribution in [0.3, 0.4) is 0 Å². The van der Waals surface area contributed by atoms with E-state index in [1.54, 1.807) is 45.3 Å². The highest BCUT2D eigenvalue weighted by atomic mass is 32.1. The minimum atomic E-state index is 0.770. The van der Waals surface area contributed by atoms with E-state index in [4.69, 9.17) is 0 Å². The molecule has 0 spiro atoms. The second kappa shape index (κ2) is 16.4. The maximum atomic E-state index is 11.6. The number of fused-ring (bicyclic) bond motifs is 2. The van der Waals surface area contributed by atoms with Gasteiger partial charge in [-0.3, -0.25) is 9.59 Å². The molecule has 0 aliphatic heterocycles. The van der Waals surface area contributed by atoms with E-state index in [9.17, 15) is 9.59 Å². The van der Waals surface area contributed by atoms with E-state index in [2.05, 4.69) is 121 Å². The topological polar surface area (TPSA) is 37.4 Å². The number of hydrogen-bond donors (Lipinski definition) is 0. The zero-order valence-corrected chi connectivity index (χ0v) is 35.0. The molecule has 5 aromatic heterocycles. The molecule has 5 heterocycles. The highest BCUT2D eigenvalue weighted by Crippen LogP contribution is 2.43. The number of aldehydes is 2. The molecule has 0 saturated heterocycles. The maximum absolute atomic E-state index is 11.6. The summed E-state index contributed by atoms with van der Waals surface area (Å²) >= 11 is 8.55. The van der Waals surface area contributed by atoms with Crippen LogP contribution in [0.25, 0.3) is 50.8 Å². The van der Waals surface area contributed by atoms with Gasteiger partial charge in [0.2, 0.25) is 0 Å². The SMILES string of the molecule is CCCCCCc1ccc(C2=CC=C(c3ccc(N(c4ccc(-c5cc6sc(C=O)cc6s5)cc4)c4ccc(-c5cc6scc(C=O)c6s5)cc4)cc3)CC2)s1. The molecule has 0 fully saturated rings. The van der Waals surface area contributed by atoms with Crippen molar-refractivity contribution in [3.05, 3.63) is 146 Å². The quantitative estimate of drug-likeness (QED) is 0.0810. The molecule has 8 aromatic rings. The minimum absolute atomic E-state index is 0.770. The molecule has 1 aliphatic carbocycles. The monoisotopic (exact) mass is 821 g/mol. The van der Waals surface area contributed by atoms with Crippen LogP contribution in [0.5, 0.6) is 0 Å². The standard InChI is InChI=1S/C48H39NO2S5/c1-2-3-4-5-6-40-23-24-42(53-40)33-9-7-31(8-10-33)32-11-17-37(18-12-32)49(38-19-13-34(14-20-38)43-26-46-45(55-43)25-41(29-51)54-46)39-21-15-35(16-22-39)44-27-47-48(56-44)36(28-50)30-52-47/h7,9,11-30H,2-6,8,10H2,1H3. The number of anilines is 3. The molecular weight excluding hydrogens is 783 g/mol. The van der Waals surface area contributed by atoms with Crippen LogP contribution < -0.4 is 4.90 Å². The fourth-order valence-electron chi connectivity index (χ4n) is 7.44. The van der Waals surface area contributed by atoms with Gasteiger partial charge in [-0.05, 0) is 120 Å². The van der Waals surface area contributed by atoms with E-state index in [-0.39, 0.29) is 0 Å². The summed E-state index contributed by atoms with van der Waals surface area (Å²) in [6.07, 6.45) is 15.1. The van der Waals surface area contributed by atoms with Gasteiger partial charge in [-0.2, -0.15) is 0 Å². The lowest BCUT2D eigenvalue weighted by atomic mass is 9.92. The Morgan fingerprint density at radius 2 is 1.20 bits per heavy atom. The molecule has 3 aromatic carbocycles. The van der Waals surface area contributed by atoms with Crippen LogP contribution in [-0.4, -0.2) is 12.6 Å². The average molecular weight is 822 g/mol. The van der Waals surface area contributed by atoms with Crippen molar-refractivity contribution in [1.29, 1.82) is 0 Å². The molecular formula is C48H39NO2S5. The third-order valence-corrected chi connectivity index (χ3v) is 16.3. The Kier molecular flexibility index (Phi) is 10.8. The van der Waals surface area contributed by atoms with Crippen molar-refractivity contribution in [2.24, 2.45) is 0 Å². The fourth-order valence-corrected chi connectivity index (χ4v) is 13.1. The number of aryl methyl sites for hydroxylation is 1. The van der Waals surface area contributed by atoms with Gasteiger partial charge >= 0.3 is 0 Å². The molecule has 9 rings (SSSR count). The molecule has 0 saturated carbocycles. The van der Waals surface area contributed by atoms with Crippen LogP contribution in [0.1, 0.15) is 80.8 Å². The molecule has 278 valence electrons. The molecule has 0 unspecified atom stereocenters. The highest BCUT2D eigenvalue weighted by Gasteiger charge is 2.17. The number of hydrogen-bond acceptors (Lipinski definition) is 8. The fraction of sp³-hybridized carbons (Fsp3) is 0.167. The smallest absolute Gasteiger partial charge is 0.160 e. The van der Waals surface area contributed by atoms with Gasteiger partial charge in [0.15, 0.2) is 12.6 Å². The zero-order chi connectivity index (χ0) is 38.0. The third kappa shape index (κ3) is 7.57. The Hall–Kier alpha value is -4.70.